The van der Waals surface area contributed by atoms with Crippen molar-refractivity contribution in [3.8, 4) is 0 Å². The number of benzene rings is 1. The van der Waals surface area contributed by atoms with Crippen molar-refractivity contribution in [3.63, 3.8) is 0 Å². The second kappa shape index (κ2) is 10.8. The lowest BCUT2D eigenvalue weighted by atomic mass is 10.2. The number of hydrogen-bond acceptors (Lipinski definition) is 4. The summed E-state index contributed by atoms with van der Waals surface area (Å²) >= 11 is 0. The van der Waals surface area contributed by atoms with Crippen LogP contribution in [0.3, 0.4) is 0 Å². The second-order valence-electron chi connectivity index (χ2n) is 6.00. The van der Waals surface area contributed by atoms with Crippen LogP contribution in [0.1, 0.15) is 25.7 Å². The molecular weight excluding hydrogens is 349 g/mol. The number of morpholine rings is 1. The molecule has 2 aliphatic heterocycles. The van der Waals surface area contributed by atoms with E-state index < -0.39 is 6.10 Å². The van der Waals surface area contributed by atoms with Crippen LogP contribution in [0.25, 0.3) is 0 Å². The lowest BCUT2D eigenvalue weighted by Gasteiger charge is -2.24. The largest absolute Gasteiger partial charge is 0.371 e. The van der Waals surface area contributed by atoms with Gasteiger partial charge in [-0.2, -0.15) is 0 Å². The number of carbonyl (C=O) groups is 1. The van der Waals surface area contributed by atoms with Crippen LogP contribution in [-0.4, -0.2) is 44.8 Å². The van der Waals surface area contributed by atoms with Crippen LogP contribution in [0.15, 0.2) is 24.3 Å². The maximum atomic E-state index is 12.2. The van der Waals surface area contributed by atoms with Gasteiger partial charge in [0.15, 0.2) is 0 Å². The van der Waals surface area contributed by atoms with Crippen LogP contribution in [0.2, 0.25) is 0 Å². The molecule has 5 nitrogen and oxygen atoms in total. The molecular formula is C17H27Cl2N3O2. The monoisotopic (exact) mass is 375 g/mol. The Morgan fingerprint density at radius 2 is 1.92 bits per heavy atom. The summed E-state index contributed by atoms with van der Waals surface area (Å²) in [4.78, 5) is 14.6. The van der Waals surface area contributed by atoms with Gasteiger partial charge in [0, 0.05) is 37.6 Å². The average Bonchev–Trinajstić information content (AvgIpc) is 2.85. The van der Waals surface area contributed by atoms with Crippen LogP contribution >= 0.6 is 24.8 Å². The molecule has 0 bridgehead atoms. The Bertz CT molecular complexity index is 502. The summed E-state index contributed by atoms with van der Waals surface area (Å²) < 4.78 is 5.49. The third-order valence-electron chi connectivity index (χ3n) is 4.30. The van der Waals surface area contributed by atoms with E-state index in [1.807, 2.05) is 12.1 Å². The molecule has 0 spiro atoms. The molecule has 2 heterocycles. The number of rotatable bonds is 3. The first kappa shape index (κ1) is 21.0. The summed E-state index contributed by atoms with van der Waals surface area (Å²) in [5, 5.41) is 6.15. The van der Waals surface area contributed by atoms with Gasteiger partial charge in [-0.1, -0.05) is 18.9 Å². The third kappa shape index (κ3) is 5.81. The van der Waals surface area contributed by atoms with Gasteiger partial charge in [-0.3, -0.25) is 4.79 Å². The first-order chi connectivity index (χ1) is 10.8. The number of nitrogens with zero attached hydrogens (tertiary/aromatic N) is 1. The molecule has 1 unspecified atom stereocenters. The van der Waals surface area contributed by atoms with Crippen LogP contribution in [0.5, 0.6) is 0 Å². The zero-order chi connectivity index (χ0) is 15.2. The molecule has 0 aromatic heterocycles. The molecule has 1 amide bonds. The Morgan fingerprint density at radius 1 is 1.17 bits per heavy atom. The number of anilines is 2. The Balaban J connectivity index is 0.00000144. The summed E-state index contributed by atoms with van der Waals surface area (Å²) in [6.45, 7) is 4.19. The Kier molecular flexibility index (Phi) is 9.44. The summed E-state index contributed by atoms with van der Waals surface area (Å²) in [5.41, 5.74) is 2.04. The van der Waals surface area contributed by atoms with Gasteiger partial charge in [-0.25, -0.2) is 0 Å². The second-order valence-corrected chi connectivity index (χ2v) is 6.00. The molecule has 1 atom stereocenters. The summed E-state index contributed by atoms with van der Waals surface area (Å²) in [6, 6.07) is 8.14. The molecule has 0 radical (unpaired) electrons. The predicted molar refractivity (Wildman–Crippen MR) is 103 cm³/mol. The predicted octanol–water partition coefficient (Wildman–Crippen LogP) is 2.84. The zero-order valence-corrected chi connectivity index (χ0v) is 15.5. The normalized spacial score (nSPS) is 21.0. The van der Waals surface area contributed by atoms with Gasteiger partial charge in [0.2, 0.25) is 0 Å². The van der Waals surface area contributed by atoms with Crippen molar-refractivity contribution >= 4 is 42.1 Å². The van der Waals surface area contributed by atoms with Gasteiger partial charge in [-0.05, 0) is 31.0 Å². The van der Waals surface area contributed by atoms with E-state index in [4.69, 9.17) is 4.74 Å². The van der Waals surface area contributed by atoms with Gasteiger partial charge in [-0.15, -0.1) is 24.8 Å². The molecule has 2 aliphatic rings. The number of hydrogen-bond donors (Lipinski definition) is 2. The Morgan fingerprint density at radius 3 is 2.58 bits per heavy atom. The minimum absolute atomic E-state index is 0. The van der Waals surface area contributed by atoms with Crippen LogP contribution in [0, 0.1) is 0 Å². The van der Waals surface area contributed by atoms with E-state index in [0.717, 1.165) is 25.3 Å². The standard InChI is InChI=1S/C17H25N3O2.2ClH/c21-17(16-13-18-8-11-22-16)19-14-6-5-7-15(12-14)20-9-3-1-2-4-10-20;;/h5-7,12,16,18H,1-4,8-11,13H2,(H,19,21);2*1H. The maximum absolute atomic E-state index is 12.2. The lowest BCUT2D eigenvalue weighted by molar-refractivity contribution is -0.128. The van der Waals surface area contributed by atoms with Crippen LogP contribution in [-0.2, 0) is 9.53 Å². The topological polar surface area (TPSA) is 53.6 Å². The quantitative estimate of drug-likeness (QED) is 0.852. The molecule has 2 fully saturated rings. The van der Waals surface area contributed by atoms with E-state index >= 15 is 0 Å². The van der Waals surface area contributed by atoms with Crippen LogP contribution in [0.4, 0.5) is 11.4 Å². The van der Waals surface area contributed by atoms with Crippen molar-refractivity contribution in [3.05, 3.63) is 24.3 Å². The summed E-state index contributed by atoms with van der Waals surface area (Å²) in [7, 11) is 0. The molecule has 136 valence electrons. The maximum Gasteiger partial charge on any atom is 0.254 e. The fourth-order valence-corrected chi connectivity index (χ4v) is 3.07. The lowest BCUT2D eigenvalue weighted by Crippen LogP contribution is -2.45. The van der Waals surface area contributed by atoms with Crippen molar-refractivity contribution in [2.75, 3.05) is 43.0 Å². The summed E-state index contributed by atoms with van der Waals surface area (Å²) in [6.07, 6.45) is 4.74. The Labute approximate surface area is 156 Å². The molecule has 0 saturated carbocycles. The number of amides is 1. The molecule has 24 heavy (non-hydrogen) atoms. The van der Waals surface area contributed by atoms with E-state index in [2.05, 4.69) is 27.7 Å². The SMILES string of the molecule is Cl.Cl.O=C(Nc1cccc(N2CCCCCC2)c1)C1CNCCO1. The van der Waals surface area contributed by atoms with E-state index in [0.29, 0.717) is 13.2 Å². The number of nitrogens with one attached hydrogen (secondary N) is 2. The van der Waals surface area contributed by atoms with Gasteiger partial charge in [0.05, 0.1) is 6.61 Å². The number of carbonyl (C=O) groups excluding carboxylic acids is 1. The fourth-order valence-electron chi connectivity index (χ4n) is 3.07. The molecule has 7 heteroatoms. The van der Waals surface area contributed by atoms with Gasteiger partial charge in [0.1, 0.15) is 6.10 Å². The average molecular weight is 376 g/mol. The van der Waals surface area contributed by atoms with E-state index in [1.165, 1.54) is 31.4 Å². The highest BCUT2D eigenvalue weighted by Gasteiger charge is 2.21. The van der Waals surface area contributed by atoms with Crippen molar-refractivity contribution in [2.24, 2.45) is 0 Å². The third-order valence-corrected chi connectivity index (χ3v) is 4.30. The zero-order valence-electron chi connectivity index (χ0n) is 13.8. The minimum Gasteiger partial charge on any atom is -0.371 e. The van der Waals surface area contributed by atoms with E-state index in [1.54, 1.807) is 0 Å². The molecule has 2 N–H and O–H groups in total. The van der Waals surface area contributed by atoms with Crippen molar-refractivity contribution in [1.29, 1.82) is 0 Å². The molecule has 2 saturated heterocycles. The first-order valence-electron chi connectivity index (χ1n) is 8.31. The highest BCUT2D eigenvalue weighted by molar-refractivity contribution is 5.94. The van der Waals surface area contributed by atoms with Gasteiger partial charge in [0.25, 0.3) is 5.91 Å². The highest BCUT2D eigenvalue weighted by atomic mass is 35.5. The molecule has 1 aromatic rings. The molecule has 0 aliphatic carbocycles. The minimum atomic E-state index is -0.393. The van der Waals surface area contributed by atoms with Crippen molar-refractivity contribution in [2.45, 2.75) is 31.8 Å². The molecule has 3 rings (SSSR count). The van der Waals surface area contributed by atoms with Crippen LogP contribution < -0.4 is 15.5 Å². The fraction of sp³-hybridized carbons (Fsp3) is 0.588. The summed E-state index contributed by atoms with van der Waals surface area (Å²) in [5.74, 6) is -0.0692. The Hall–Kier alpha value is -1.01. The van der Waals surface area contributed by atoms with Crippen molar-refractivity contribution < 1.29 is 9.53 Å². The van der Waals surface area contributed by atoms with Gasteiger partial charge < -0.3 is 20.3 Å². The molecule has 1 aromatic carbocycles. The van der Waals surface area contributed by atoms with Crippen molar-refractivity contribution in [1.82, 2.24) is 5.32 Å². The highest BCUT2D eigenvalue weighted by Crippen LogP contribution is 2.23. The van der Waals surface area contributed by atoms with E-state index in [-0.39, 0.29) is 30.7 Å². The van der Waals surface area contributed by atoms with Gasteiger partial charge >= 0.3 is 0 Å². The first-order valence-corrected chi connectivity index (χ1v) is 8.31. The number of ether oxygens (including phenoxy) is 1. The van der Waals surface area contributed by atoms with E-state index in [9.17, 15) is 4.79 Å². The smallest absolute Gasteiger partial charge is 0.254 e. The number of halogens is 2.